The number of para-hydroxylation sites is 1. The van der Waals surface area contributed by atoms with Gasteiger partial charge in [-0.05, 0) is 37.1 Å². The van der Waals surface area contributed by atoms with Crippen molar-refractivity contribution in [3.8, 4) is 6.07 Å². The molecule has 2 heterocycles. The first-order valence-electron chi connectivity index (χ1n) is 8.67. The highest BCUT2D eigenvalue weighted by atomic mass is 32.1. The van der Waals surface area contributed by atoms with Gasteiger partial charge in [0.25, 0.3) is 5.56 Å². The minimum atomic E-state index is -0.448. The van der Waals surface area contributed by atoms with Crippen molar-refractivity contribution < 1.29 is 9.53 Å². The minimum Gasteiger partial charge on any atom is -0.453 e. The van der Waals surface area contributed by atoms with E-state index in [0.29, 0.717) is 15.8 Å². The van der Waals surface area contributed by atoms with Crippen molar-refractivity contribution in [2.24, 2.45) is 0 Å². The van der Waals surface area contributed by atoms with Crippen LogP contribution in [0.4, 0.5) is 0 Å². The summed E-state index contributed by atoms with van der Waals surface area (Å²) in [6.07, 6.45) is 1.93. The molecule has 0 radical (unpaired) electrons. The van der Waals surface area contributed by atoms with Crippen LogP contribution in [-0.2, 0) is 24.3 Å². The summed E-state index contributed by atoms with van der Waals surface area (Å²) >= 11 is 1.40. The number of nitrogens with zero attached hydrogens (tertiary/aromatic N) is 3. The summed E-state index contributed by atoms with van der Waals surface area (Å²) in [5.74, 6) is -0.188. The fourth-order valence-electron chi connectivity index (χ4n) is 2.90. The van der Waals surface area contributed by atoms with Gasteiger partial charge in [-0.25, -0.2) is 9.78 Å². The summed E-state index contributed by atoms with van der Waals surface area (Å²) < 4.78 is 6.64. The Morgan fingerprint density at radius 1 is 1.37 bits per heavy atom. The fraction of sp³-hybridized carbons (Fsp3) is 0.300. The molecule has 0 spiro atoms. The highest BCUT2D eigenvalue weighted by molar-refractivity contribution is 7.14. The topological polar surface area (TPSA) is 85.0 Å². The van der Waals surface area contributed by atoms with Crippen LogP contribution in [0.25, 0.3) is 10.9 Å². The lowest BCUT2D eigenvalue weighted by Gasteiger charge is -2.11. The van der Waals surface area contributed by atoms with Crippen LogP contribution in [0.15, 0.2) is 35.1 Å². The number of aryl methyl sites for hydroxylation is 2. The van der Waals surface area contributed by atoms with Crippen LogP contribution in [0.2, 0.25) is 0 Å². The Bertz CT molecular complexity index is 1090. The highest BCUT2D eigenvalue weighted by Crippen LogP contribution is 2.24. The van der Waals surface area contributed by atoms with E-state index in [1.54, 1.807) is 24.3 Å². The Morgan fingerprint density at radius 2 is 2.15 bits per heavy atom. The Labute approximate surface area is 160 Å². The number of nitriles is 1. The number of carbonyl (C=O) groups is 1. The third-order valence-electron chi connectivity index (χ3n) is 4.24. The molecule has 0 aliphatic rings. The predicted octanol–water partition coefficient (Wildman–Crippen LogP) is 3.60. The molecule has 2 aromatic heterocycles. The third-order valence-corrected chi connectivity index (χ3v) is 5.32. The van der Waals surface area contributed by atoms with Gasteiger partial charge in [-0.15, -0.1) is 11.3 Å². The molecule has 0 aliphatic heterocycles. The first-order valence-corrected chi connectivity index (χ1v) is 9.48. The Balaban J connectivity index is 1.87. The van der Waals surface area contributed by atoms with Gasteiger partial charge in [-0.3, -0.25) is 9.36 Å². The van der Waals surface area contributed by atoms with Crippen LogP contribution < -0.4 is 5.56 Å². The fourth-order valence-corrected chi connectivity index (χ4v) is 3.86. The van der Waals surface area contributed by atoms with E-state index >= 15 is 0 Å². The molecule has 7 heteroatoms. The average molecular weight is 381 g/mol. The van der Waals surface area contributed by atoms with Crippen molar-refractivity contribution in [1.29, 1.82) is 5.26 Å². The summed E-state index contributed by atoms with van der Waals surface area (Å²) in [4.78, 5) is 31.1. The number of thiophene rings is 1. The van der Waals surface area contributed by atoms with E-state index in [2.05, 4.69) is 11.9 Å². The summed E-state index contributed by atoms with van der Waals surface area (Å²) in [6, 6.07) is 10.7. The van der Waals surface area contributed by atoms with Crippen molar-refractivity contribution in [3.05, 3.63) is 61.8 Å². The molecule has 0 atom stereocenters. The molecule has 0 amide bonds. The highest BCUT2D eigenvalue weighted by Gasteiger charge is 2.16. The van der Waals surface area contributed by atoms with Gasteiger partial charge in [0.2, 0.25) is 0 Å². The zero-order valence-corrected chi connectivity index (χ0v) is 16.0. The van der Waals surface area contributed by atoms with Crippen molar-refractivity contribution >= 4 is 28.2 Å². The van der Waals surface area contributed by atoms with Gasteiger partial charge < -0.3 is 4.74 Å². The second kappa shape index (κ2) is 8.14. The summed E-state index contributed by atoms with van der Waals surface area (Å²) in [5.41, 5.74) is 1.35. The van der Waals surface area contributed by atoms with Crippen LogP contribution in [0, 0.1) is 18.3 Å². The lowest BCUT2D eigenvalue weighted by atomic mass is 10.1. The molecule has 3 aromatic rings. The molecule has 0 N–H and O–H groups in total. The molecular formula is C20H19N3O3S. The second-order valence-electron chi connectivity index (χ2n) is 6.11. The van der Waals surface area contributed by atoms with Crippen LogP contribution in [-0.4, -0.2) is 15.5 Å². The maximum atomic E-state index is 12.6. The normalized spacial score (nSPS) is 10.7. The second-order valence-corrected chi connectivity index (χ2v) is 7.37. The molecule has 0 saturated carbocycles. The molecule has 0 fully saturated rings. The van der Waals surface area contributed by atoms with Gasteiger partial charge in [-0.2, -0.15) is 5.26 Å². The number of hydrogen-bond donors (Lipinski definition) is 0. The Hall–Kier alpha value is -2.98. The van der Waals surface area contributed by atoms with Gasteiger partial charge in [0.15, 0.2) is 5.82 Å². The summed E-state index contributed by atoms with van der Waals surface area (Å²) in [5, 5.41) is 9.47. The molecule has 0 saturated heterocycles. The summed E-state index contributed by atoms with van der Waals surface area (Å²) in [6.45, 7) is 3.76. The van der Waals surface area contributed by atoms with Crippen molar-refractivity contribution in [3.63, 3.8) is 0 Å². The zero-order chi connectivity index (χ0) is 19.4. The van der Waals surface area contributed by atoms with E-state index in [1.165, 1.54) is 15.9 Å². The van der Waals surface area contributed by atoms with E-state index in [4.69, 9.17) is 10.00 Å². The quantitative estimate of drug-likeness (QED) is 0.609. The van der Waals surface area contributed by atoms with Gasteiger partial charge in [0.1, 0.15) is 18.0 Å². The number of fused-ring (bicyclic) bond motifs is 1. The Morgan fingerprint density at radius 3 is 2.89 bits per heavy atom. The number of esters is 1. The molecule has 138 valence electrons. The van der Waals surface area contributed by atoms with Gasteiger partial charge in [0, 0.05) is 4.88 Å². The number of aromatic nitrogens is 2. The van der Waals surface area contributed by atoms with Gasteiger partial charge in [-0.1, -0.05) is 25.5 Å². The monoisotopic (exact) mass is 381 g/mol. The molecule has 0 aliphatic carbocycles. The van der Waals surface area contributed by atoms with Crippen molar-refractivity contribution in [1.82, 2.24) is 9.55 Å². The predicted molar refractivity (Wildman–Crippen MR) is 104 cm³/mol. The molecule has 0 bridgehead atoms. The van der Waals surface area contributed by atoms with E-state index in [-0.39, 0.29) is 24.5 Å². The van der Waals surface area contributed by atoms with Gasteiger partial charge in [0.05, 0.1) is 17.0 Å². The summed E-state index contributed by atoms with van der Waals surface area (Å²) in [7, 11) is 0. The van der Waals surface area contributed by atoms with E-state index in [0.717, 1.165) is 23.3 Å². The number of hydrogen-bond acceptors (Lipinski definition) is 6. The van der Waals surface area contributed by atoms with Crippen LogP contribution >= 0.6 is 11.3 Å². The van der Waals surface area contributed by atoms with Crippen molar-refractivity contribution in [2.45, 2.75) is 39.8 Å². The van der Waals surface area contributed by atoms with Crippen LogP contribution in [0.1, 0.15) is 39.3 Å². The number of rotatable bonds is 6. The molecule has 1 aromatic carbocycles. The number of carbonyl (C=O) groups excluding carboxylic acids is 1. The standard InChI is InChI=1S/C20H19N3O3S/c1-3-6-14-11-17(27-13(14)2)20(25)26-12-18-22-16-8-5-4-7-15(16)19(24)23(18)10-9-21/h4-5,7-8,11H,3,6,10,12H2,1-2H3. The largest absolute Gasteiger partial charge is 0.453 e. The average Bonchev–Trinajstić information content (AvgIpc) is 3.03. The molecule has 3 rings (SSSR count). The number of ether oxygens (including phenoxy) is 1. The minimum absolute atomic E-state index is 0.150. The maximum Gasteiger partial charge on any atom is 0.348 e. The van der Waals surface area contributed by atoms with Gasteiger partial charge >= 0.3 is 5.97 Å². The first kappa shape index (κ1) is 18.8. The lowest BCUT2D eigenvalue weighted by molar-refractivity contribution is 0.0463. The van der Waals surface area contributed by atoms with E-state index < -0.39 is 5.97 Å². The molecular weight excluding hydrogens is 362 g/mol. The SMILES string of the molecule is CCCc1cc(C(=O)OCc2nc3ccccc3c(=O)n2CC#N)sc1C. The van der Waals surface area contributed by atoms with Crippen LogP contribution in [0.5, 0.6) is 0 Å². The Kier molecular flexibility index (Phi) is 5.67. The van der Waals surface area contributed by atoms with Crippen molar-refractivity contribution in [2.75, 3.05) is 0 Å². The molecule has 0 unspecified atom stereocenters. The third kappa shape index (κ3) is 3.91. The smallest absolute Gasteiger partial charge is 0.348 e. The lowest BCUT2D eigenvalue weighted by Crippen LogP contribution is -2.26. The molecule has 6 nitrogen and oxygen atoms in total. The molecule has 27 heavy (non-hydrogen) atoms. The van der Waals surface area contributed by atoms with E-state index in [1.807, 2.05) is 19.1 Å². The first-order chi connectivity index (χ1) is 13.0. The zero-order valence-electron chi connectivity index (χ0n) is 15.2. The van der Waals surface area contributed by atoms with Crippen LogP contribution in [0.3, 0.4) is 0 Å². The maximum absolute atomic E-state index is 12.6. The van der Waals surface area contributed by atoms with E-state index in [9.17, 15) is 9.59 Å². The number of benzene rings is 1.